The predicted molar refractivity (Wildman–Crippen MR) is 98.4 cm³/mol. The van der Waals surface area contributed by atoms with Crippen LogP contribution in [0.2, 0.25) is 0 Å². The summed E-state index contributed by atoms with van der Waals surface area (Å²) in [7, 11) is 0. The SMILES string of the molecule is CCCCC(CN(O)C=O)C(=O)NC(C(=O)N1CCNCC1)C(C)(C)C. The Morgan fingerprint density at radius 1 is 1.31 bits per heavy atom. The second-order valence-corrected chi connectivity index (χ2v) is 7.95. The Kier molecular flexibility index (Phi) is 9.01. The Morgan fingerprint density at radius 3 is 2.42 bits per heavy atom. The molecule has 1 saturated heterocycles. The van der Waals surface area contributed by atoms with Crippen molar-refractivity contribution >= 4 is 18.2 Å². The van der Waals surface area contributed by atoms with Crippen molar-refractivity contribution in [3.05, 3.63) is 0 Å². The first-order valence-corrected chi connectivity index (χ1v) is 9.41. The third-order valence-electron chi connectivity index (χ3n) is 4.63. The van der Waals surface area contributed by atoms with Crippen molar-refractivity contribution in [2.75, 3.05) is 32.7 Å². The van der Waals surface area contributed by atoms with Crippen molar-refractivity contribution < 1.29 is 19.6 Å². The molecule has 1 fully saturated rings. The molecule has 0 spiro atoms. The van der Waals surface area contributed by atoms with Crippen LogP contribution in [0.4, 0.5) is 0 Å². The maximum Gasteiger partial charge on any atom is 0.245 e. The van der Waals surface area contributed by atoms with Crippen LogP contribution in [-0.2, 0) is 14.4 Å². The quantitative estimate of drug-likeness (QED) is 0.313. The Labute approximate surface area is 156 Å². The smallest absolute Gasteiger partial charge is 0.245 e. The van der Waals surface area contributed by atoms with Gasteiger partial charge in [-0.05, 0) is 11.8 Å². The van der Waals surface area contributed by atoms with Gasteiger partial charge in [-0.1, -0.05) is 40.5 Å². The number of hydrogen-bond acceptors (Lipinski definition) is 5. The van der Waals surface area contributed by atoms with E-state index in [2.05, 4.69) is 10.6 Å². The van der Waals surface area contributed by atoms with Crippen molar-refractivity contribution in [1.82, 2.24) is 20.6 Å². The first-order chi connectivity index (χ1) is 12.2. The van der Waals surface area contributed by atoms with E-state index in [0.29, 0.717) is 31.0 Å². The van der Waals surface area contributed by atoms with Gasteiger partial charge in [0.1, 0.15) is 6.04 Å². The summed E-state index contributed by atoms with van der Waals surface area (Å²) in [6, 6.07) is -0.652. The number of hydrogen-bond donors (Lipinski definition) is 3. The minimum absolute atomic E-state index is 0.0754. The number of nitrogens with zero attached hydrogens (tertiary/aromatic N) is 2. The standard InChI is InChI=1S/C18H34N4O4/c1-5-6-7-14(12-22(26)13-23)16(24)20-15(18(2,3)4)17(25)21-10-8-19-9-11-21/h13-15,19,26H,5-12H2,1-4H3,(H,20,24). The number of unbranched alkanes of at least 4 members (excludes halogenated alkanes) is 1. The fraction of sp³-hybridized carbons (Fsp3) is 0.833. The van der Waals surface area contributed by atoms with Gasteiger partial charge < -0.3 is 15.5 Å². The molecule has 3 N–H and O–H groups in total. The van der Waals surface area contributed by atoms with E-state index in [4.69, 9.17) is 0 Å². The molecule has 150 valence electrons. The second kappa shape index (κ2) is 10.5. The summed E-state index contributed by atoms with van der Waals surface area (Å²) >= 11 is 0. The molecule has 0 aromatic carbocycles. The highest BCUT2D eigenvalue weighted by molar-refractivity contribution is 5.89. The van der Waals surface area contributed by atoms with Crippen LogP contribution >= 0.6 is 0 Å². The van der Waals surface area contributed by atoms with Crippen molar-refractivity contribution in [1.29, 1.82) is 0 Å². The van der Waals surface area contributed by atoms with Gasteiger partial charge in [-0.2, -0.15) is 0 Å². The van der Waals surface area contributed by atoms with E-state index in [1.807, 2.05) is 27.7 Å². The van der Waals surface area contributed by atoms with Gasteiger partial charge in [0.25, 0.3) is 0 Å². The van der Waals surface area contributed by atoms with Gasteiger partial charge in [0.05, 0.1) is 12.5 Å². The Bertz CT molecular complexity index is 472. The van der Waals surface area contributed by atoms with E-state index >= 15 is 0 Å². The molecule has 1 rings (SSSR count). The minimum atomic E-state index is -0.652. The lowest BCUT2D eigenvalue weighted by atomic mass is 9.85. The number of rotatable bonds is 9. The summed E-state index contributed by atoms with van der Waals surface area (Å²) in [5, 5.41) is 16.1. The zero-order valence-corrected chi connectivity index (χ0v) is 16.5. The summed E-state index contributed by atoms with van der Waals surface area (Å²) in [6.07, 6.45) is 2.54. The van der Waals surface area contributed by atoms with Gasteiger partial charge in [-0.3, -0.25) is 19.6 Å². The van der Waals surface area contributed by atoms with Crippen molar-refractivity contribution in [2.24, 2.45) is 11.3 Å². The Balaban J connectivity index is 2.87. The zero-order chi connectivity index (χ0) is 19.7. The van der Waals surface area contributed by atoms with E-state index in [1.165, 1.54) is 0 Å². The topological polar surface area (TPSA) is 102 Å². The maximum atomic E-state index is 13.0. The summed E-state index contributed by atoms with van der Waals surface area (Å²) in [5.41, 5.74) is -0.448. The van der Waals surface area contributed by atoms with Gasteiger partial charge >= 0.3 is 0 Å². The lowest BCUT2D eigenvalue weighted by molar-refractivity contribution is -0.155. The number of hydroxylamine groups is 2. The number of carbonyl (C=O) groups is 3. The number of piperazine rings is 1. The molecular weight excluding hydrogens is 336 g/mol. The third-order valence-corrected chi connectivity index (χ3v) is 4.63. The zero-order valence-electron chi connectivity index (χ0n) is 16.5. The van der Waals surface area contributed by atoms with E-state index in [0.717, 1.165) is 25.9 Å². The summed E-state index contributed by atoms with van der Waals surface area (Å²) < 4.78 is 0. The molecule has 0 aromatic heterocycles. The van der Waals surface area contributed by atoms with Gasteiger partial charge in [0.15, 0.2) is 0 Å². The molecule has 2 unspecified atom stereocenters. The van der Waals surface area contributed by atoms with Crippen LogP contribution in [-0.4, -0.2) is 72.2 Å². The summed E-state index contributed by atoms with van der Waals surface area (Å²) in [6.45, 7) is 10.4. The highest BCUT2D eigenvalue weighted by atomic mass is 16.5. The molecule has 0 radical (unpaired) electrons. The van der Waals surface area contributed by atoms with Crippen LogP contribution in [0.15, 0.2) is 0 Å². The van der Waals surface area contributed by atoms with Crippen LogP contribution < -0.4 is 10.6 Å². The monoisotopic (exact) mass is 370 g/mol. The van der Waals surface area contributed by atoms with E-state index in [9.17, 15) is 19.6 Å². The van der Waals surface area contributed by atoms with E-state index < -0.39 is 17.4 Å². The largest absolute Gasteiger partial charge is 0.344 e. The molecule has 0 aliphatic carbocycles. The van der Waals surface area contributed by atoms with Gasteiger partial charge in [0, 0.05) is 26.2 Å². The molecule has 2 atom stereocenters. The van der Waals surface area contributed by atoms with Crippen molar-refractivity contribution in [2.45, 2.75) is 53.0 Å². The molecule has 1 aliphatic rings. The van der Waals surface area contributed by atoms with Crippen LogP contribution in [0.3, 0.4) is 0 Å². The molecule has 8 heteroatoms. The Hall–Kier alpha value is -1.67. The average molecular weight is 370 g/mol. The van der Waals surface area contributed by atoms with E-state index in [1.54, 1.807) is 4.90 Å². The highest BCUT2D eigenvalue weighted by Gasteiger charge is 2.37. The first kappa shape index (κ1) is 22.4. The molecule has 26 heavy (non-hydrogen) atoms. The molecule has 8 nitrogen and oxygen atoms in total. The number of nitrogens with one attached hydrogen (secondary N) is 2. The number of amides is 3. The van der Waals surface area contributed by atoms with Crippen LogP contribution in [0.5, 0.6) is 0 Å². The number of carbonyl (C=O) groups excluding carboxylic acids is 3. The van der Waals surface area contributed by atoms with Crippen LogP contribution in [0.25, 0.3) is 0 Å². The van der Waals surface area contributed by atoms with Crippen molar-refractivity contribution in [3.8, 4) is 0 Å². The summed E-state index contributed by atoms with van der Waals surface area (Å²) in [5.74, 6) is -0.939. The molecule has 0 aromatic rings. The maximum absolute atomic E-state index is 13.0. The van der Waals surface area contributed by atoms with Gasteiger partial charge in [-0.25, -0.2) is 5.06 Å². The lowest BCUT2D eigenvalue weighted by Gasteiger charge is -2.37. The molecule has 3 amide bonds. The second-order valence-electron chi connectivity index (χ2n) is 7.95. The Morgan fingerprint density at radius 2 is 1.92 bits per heavy atom. The fourth-order valence-electron chi connectivity index (χ4n) is 3.00. The van der Waals surface area contributed by atoms with Gasteiger partial charge in [0.2, 0.25) is 18.2 Å². The molecule has 0 saturated carbocycles. The van der Waals surface area contributed by atoms with Gasteiger partial charge in [-0.15, -0.1) is 0 Å². The summed E-state index contributed by atoms with van der Waals surface area (Å²) in [4.78, 5) is 38.2. The third kappa shape index (κ3) is 6.92. The molecule has 1 heterocycles. The minimum Gasteiger partial charge on any atom is -0.344 e. The normalized spacial score (nSPS) is 17.3. The first-order valence-electron chi connectivity index (χ1n) is 9.41. The molecule has 0 bridgehead atoms. The highest BCUT2D eigenvalue weighted by Crippen LogP contribution is 2.22. The fourth-order valence-corrected chi connectivity index (χ4v) is 3.00. The van der Waals surface area contributed by atoms with Crippen LogP contribution in [0.1, 0.15) is 47.0 Å². The molecule has 1 aliphatic heterocycles. The predicted octanol–water partition coefficient (Wildman–Crippen LogP) is 0.603. The van der Waals surface area contributed by atoms with E-state index in [-0.39, 0.29) is 18.4 Å². The average Bonchev–Trinajstić information content (AvgIpc) is 2.61. The molecular formula is C18H34N4O4. The lowest BCUT2D eigenvalue weighted by Crippen LogP contribution is -2.59. The van der Waals surface area contributed by atoms with Crippen molar-refractivity contribution in [3.63, 3.8) is 0 Å². The van der Waals surface area contributed by atoms with Crippen LogP contribution in [0, 0.1) is 11.3 Å².